The van der Waals surface area contributed by atoms with Crippen molar-refractivity contribution in [3.8, 4) is 0 Å². The Hall–Kier alpha value is -3.19. The van der Waals surface area contributed by atoms with Crippen molar-refractivity contribution in [1.82, 2.24) is 5.32 Å². The van der Waals surface area contributed by atoms with Gasteiger partial charge in [0, 0.05) is 37.2 Å². The van der Waals surface area contributed by atoms with E-state index in [0.717, 1.165) is 48.9 Å². The Labute approximate surface area is 194 Å². The standard InChI is InChI=1S/C26H31N3O4/c1-18-16-21(24(30)28-14-6-5-10-20-9-3-4-11-23(20)28)12-13-22(18)17-27-25(31)29(26(32)33)15-7-8-19(29)2/h3-4,9,11-13,16,19H,5-8,10,14-15,17H2,1-2H3,(H-,27,31,32,33)/p+1/t19-,29?/m1/s1. The van der Waals surface area contributed by atoms with Crippen molar-refractivity contribution in [2.45, 2.75) is 58.5 Å². The van der Waals surface area contributed by atoms with Gasteiger partial charge in [-0.05, 0) is 68.0 Å². The van der Waals surface area contributed by atoms with Crippen LogP contribution in [0.4, 0.5) is 15.3 Å². The van der Waals surface area contributed by atoms with Gasteiger partial charge in [-0.1, -0.05) is 24.3 Å². The van der Waals surface area contributed by atoms with Crippen LogP contribution in [-0.2, 0) is 13.0 Å². The highest BCUT2D eigenvalue weighted by Gasteiger charge is 2.53. The number of hydrogen-bond acceptors (Lipinski definition) is 3. The molecule has 2 aliphatic heterocycles. The van der Waals surface area contributed by atoms with Gasteiger partial charge in [0.15, 0.2) is 0 Å². The summed E-state index contributed by atoms with van der Waals surface area (Å²) in [6.45, 7) is 4.96. The van der Waals surface area contributed by atoms with E-state index in [2.05, 4.69) is 11.4 Å². The maximum atomic E-state index is 13.4. The number of fused-ring (bicyclic) bond motifs is 1. The second-order valence-corrected chi connectivity index (χ2v) is 9.21. The zero-order valence-electron chi connectivity index (χ0n) is 19.3. The van der Waals surface area contributed by atoms with Crippen molar-refractivity contribution < 1.29 is 24.0 Å². The van der Waals surface area contributed by atoms with E-state index in [9.17, 15) is 19.5 Å². The predicted molar refractivity (Wildman–Crippen MR) is 126 cm³/mol. The molecule has 2 heterocycles. The molecule has 2 atom stereocenters. The minimum atomic E-state index is -1.10. The summed E-state index contributed by atoms with van der Waals surface area (Å²) in [5.41, 5.74) is 4.55. The fourth-order valence-electron chi connectivity index (χ4n) is 5.15. The number of nitrogens with zero attached hydrogens (tertiary/aromatic N) is 2. The highest BCUT2D eigenvalue weighted by molar-refractivity contribution is 6.06. The van der Waals surface area contributed by atoms with Gasteiger partial charge in [-0.2, -0.15) is 4.79 Å². The largest absolute Gasteiger partial charge is 0.523 e. The van der Waals surface area contributed by atoms with Gasteiger partial charge in [-0.25, -0.2) is 4.79 Å². The number of hydrogen-bond donors (Lipinski definition) is 2. The number of likely N-dealkylation sites (tertiary alicyclic amines) is 1. The lowest BCUT2D eigenvalue weighted by atomic mass is 10.0. The summed E-state index contributed by atoms with van der Waals surface area (Å²) in [7, 11) is 0. The molecule has 2 aromatic rings. The molecule has 2 aliphatic rings. The van der Waals surface area contributed by atoms with Crippen molar-refractivity contribution in [2.75, 3.05) is 18.0 Å². The summed E-state index contributed by atoms with van der Waals surface area (Å²) >= 11 is 0. The minimum absolute atomic E-state index is 0.0238. The van der Waals surface area contributed by atoms with Crippen LogP contribution < -0.4 is 10.2 Å². The Bertz CT molecular complexity index is 1080. The number of para-hydroxylation sites is 1. The topological polar surface area (TPSA) is 86.7 Å². The molecular formula is C26H32N3O4+. The third kappa shape index (κ3) is 4.25. The third-order valence-electron chi connectivity index (χ3n) is 7.21. The summed E-state index contributed by atoms with van der Waals surface area (Å²) in [6.07, 6.45) is 3.34. The van der Waals surface area contributed by atoms with Crippen molar-refractivity contribution in [3.63, 3.8) is 0 Å². The zero-order valence-corrected chi connectivity index (χ0v) is 19.3. The smallest absolute Gasteiger partial charge is 0.435 e. The molecule has 0 saturated carbocycles. The average Bonchev–Trinajstić information content (AvgIpc) is 3.07. The van der Waals surface area contributed by atoms with E-state index in [1.807, 2.05) is 49.1 Å². The molecule has 0 aliphatic carbocycles. The molecule has 0 bridgehead atoms. The monoisotopic (exact) mass is 450 g/mol. The summed E-state index contributed by atoms with van der Waals surface area (Å²) in [5.74, 6) is -0.0238. The van der Waals surface area contributed by atoms with Gasteiger partial charge in [0.05, 0.1) is 6.54 Å². The molecule has 1 fully saturated rings. The fourth-order valence-corrected chi connectivity index (χ4v) is 5.15. The van der Waals surface area contributed by atoms with E-state index in [0.29, 0.717) is 18.7 Å². The molecule has 0 radical (unpaired) electrons. The van der Waals surface area contributed by atoms with Crippen LogP contribution in [-0.4, -0.2) is 46.8 Å². The van der Waals surface area contributed by atoms with Crippen molar-refractivity contribution in [3.05, 3.63) is 64.7 Å². The van der Waals surface area contributed by atoms with Crippen LogP contribution in [0.15, 0.2) is 42.5 Å². The number of urea groups is 1. The fraction of sp³-hybridized carbons (Fsp3) is 0.423. The second-order valence-electron chi connectivity index (χ2n) is 9.21. The molecule has 1 unspecified atom stereocenters. The molecule has 1 saturated heterocycles. The predicted octanol–water partition coefficient (Wildman–Crippen LogP) is 4.86. The van der Waals surface area contributed by atoms with Gasteiger partial charge in [0.1, 0.15) is 6.04 Å². The van der Waals surface area contributed by atoms with Gasteiger partial charge in [-0.15, -0.1) is 4.48 Å². The van der Waals surface area contributed by atoms with Crippen LogP contribution in [0.1, 0.15) is 59.7 Å². The maximum Gasteiger partial charge on any atom is 0.523 e. The number of quaternary nitrogens is 1. The molecule has 0 aromatic heterocycles. The third-order valence-corrected chi connectivity index (χ3v) is 7.21. The summed E-state index contributed by atoms with van der Waals surface area (Å²) in [4.78, 5) is 40.0. The lowest BCUT2D eigenvalue weighted by Gasteiger charge is -2.29. The quantitative estimate of drug-likeness (QED) is 0.654. The molecule has 7 heteroatoms. The van der Waals surface area contributed by atoms with E-state index in [1.165, 1.54) is 5.56 Å². The molecule has 33 heavy (non-hydrogen) atoms. The highest BCUT2D eigenvalue weighted by atomic mass is 16.4. The molecule has 4 rings (SSSR count). The Balaban J connectivity index is 1.49. The number of rotatable bonds is 3. The van der Waals surface area contributed by atoms with Crippen LogP contribution in [0.2, 0.25) is 0 Å². The normalized spacial score (nSPS) is 22.4. The molecule has 174 valence electrons. The molecule has 4 amide bonds. The Morgan fingerprint density at radius 3 is 2.61 bits per heavy atom. The minimum Gasteiger partial charge on any atom is -0.435 e. The van der Waals surface area contributed by atoms with Crippen LogP contribution in [0.25, 0.3) is 0 Å². The van der Waals surface area contributed by atoms with Gasteiger partial charge < -0.3 is 15.3 Å². The summed E-state index contributed by atoms with van der Waals surface area (Å²) < 4.78 is -0.565. The van der Waals surface area contributed by atoms with Crippen molar-refractivity contribution >= 4 is 23.7 Å². The molecule has 7 nitrogen and oxygen atoms in total. The van der Waals surface area contributed by atoms with E-state index in [4.69, 9.17) is 0 Å². The highest BCUT2D eigenvalue weighted by Crippen LogP contribution is 2.29. The SMILES string of the molecule is Cc1cc(C(=O)N2CCCCc3ccccc32)ccc1CNC(=O)[N+]1(C(=O)O)CCC[C@H]1C. The van der Waals surface area contributed by atoms with E-state index < -0.39 is 16.6 Å². The average molecular weight is 451 g/mol. The van der Waals surface area contributed by atoms with E-state index >= 15 is 0 Å². The van der Waals surface area contributed by atoms with E-state index in [1.54, 1.807) is 6.07 Å². The van der Waals surface area contributed by atoms with Crippen LogP contribution in [0, 0.1) is 6.92 Å². The first-order chi connectivity index (χ1) is 15.8. The van der Waals surface area contributed by atoms with Gasteiger partial charge in [0.2, 0.25) is 0 Å². The number of amides is 4. The molecule has 2 N–H and O–H groups in total. The number of carbonyl (C=O) groups is 3. The van der Waals surface area contributed by atoms with E-state index in [-0.39, 0.29) is 18.5 Å². The number of imide groups is 1. The lowest BCUT2D eigenvalue weighted by Crippen LogP contribution is -2.62. The Morgan fingerprint density at radius 2 is 1.91 bits per heavy atom. The first-order valence-corrected chi connectivity index (χ1v) is 11.7. The van der Waals surface area contributed by atoms with Crippen molar-refractivity contribution in [2.24, 2.45) is 0 Å². The number of aryl methyl sites for hydroxylation is 2. The number of carbonyl (C=O) groups excluding carboxylic acids is 2. The summed E-state index contributed by atoms with van der Waals surface area (Å²) in [6, 6.07) is 12.9. The number of anilines is 1. The van der Waals surface area contributed by atoms with Crippen molar-refractivity contribution in [1.29, 1.82) is 0 Å². The van der Waals surface area contributed by atoms with Gasteiger partial charge in [-0.3, -0.25) is 4.79 Å². The molecular weight excluding hydrogens is 418 g/mol. The summed E-state index contributed by atoms with van der Waals surface area (Å²) in [5, 5.41) is 12.6. The van der Waals surface area contributed by atoms with Gasteiger partial charge in [0.25, 0.3) is 5.91 Å². The molecule has 0 spiro atoms. The zero-order chi connectivity index (χ0) is 23.6. The first-order valence-electron chi connectivity index (χ1n) is 11.7. The number of carboxylic acid groups (broad SMARTS) is 1. The lowest BCUT2D eigenvalue weighted by molar-refractivity contribution is -0.787. The maximum absolute atomic E-state index is 13.4. The van der Waals surface area contributed by atoms with Crippen LogP contribution >= 0.6 is 0 Å². The second kappa shape index (κ2) is 9.35. The Morgan fingerprint density at radius 1 is 1.12 bits per heavy atom. The first kappa shape index (κ1) is 23.0. The number of benzene rings is 2. The number of nitrogens with one attached hydrogen (secondary N) is 1. The van der Waals surface area contributed by atoms with Crippen LogP contribution in [0.5, 0.6) is 0 Å². The van der Waals surface area contributed by atoms with Gasteiger partial charge >= 0.3 is 12.1 Å². The van der Waals surface area contributed by atoms with Crippen LogP contribution in [0.3, 0.4) is 0 Å². The molecule has 2 aromatic carbocycles. The Kier molecular flexibility index (Phi) is 6.51.